The van der Waals surface area contributed by atoms with Crippen LogP contribution in [0.15, 0.2) is 0 Å². The Morgan fingerprint density at radius 2 is 1.50 bits per heavy atom. The normalized spacial score (nSPS) is 26.8. The Bertz CT molecular complexity index is 116. The smallest absolute Gasteiger partial charge is 0.0259 e. The summed E-state index contributed by atoms with van der Waals surface area (Å²) in [5.41, 5.74) is 0. The summed E-state index contributed by atoms with van der Waals surface area (Å²) in [6, 6.07) is 0. The molecule has 1 saturated heterocycles. The minimum atomic E-state index is -1.05. The van der Waals surface area contributed by atoms with E-state index in [2.05, 4.69) is 21.3 Å². The number of rotatable bonds is 0. The van der Waals surface area contributed by atoms with Gasteiger partial charge in [-0.1, -0.05) is 0 Å². The minimum Gasteiger partial charge on any atom is -0.630 e. The third kappa shape index (κ3) is 7.85. The van der Waals surface area contributed by atoms with Crippen LogP contribution in [-0.4, -0.2) is 52.1 Å². The van der Waals surface area contributed by atoms with E-state index in [-0.39, 0.29) is 21.7 Å². The summed E-state index contributed by atoms with van der Waals surface area (Å²) in [6.07, 6.45) is -1.05. The fraction of sp³-hybridized carbons (Fsp3) is 1.00. The van der Waals surface area contributed by atoms with Crippen LogP contribution < -0.4 is 16.0 Å². The quantitative estimate of drug-likeness (QED) is 0.391. The summed E-state index contributed by atoms with van der Waals surface area (Å²) in [6.45, 7) is 5.23. The van der Waals surface area contributed by atoms with Gasteiger partial charge in [0.15, 0.2) is 0 Å². The van der Waals surface area contributed by atoms with Crippen LogP contribution >= 0.6 is 0 Å². The molecule has 1 heterocycles. The van der Waals surface area contributed by atoms with Crippen molar-refractivity contribution >= 4 is 0 Å². The van der Waals surface area contributed by atoms with Crippen LogP contribution in [0.4, 0.5) is 4.39 Å². The molecule has 1 aliphatic rings. The van der Waals surface area contributed by atoms with E-state index >= 15 is 0 Å². The average molecular weight is 237 g/mol. The fourth-order valence-electron chi connectivity index (χ4n) is 1.17. The van der Waals surface area contributed by atoms with Gasteiger partial charge >= 0.3 is 0 Å². The summed E-state index contributed by atoms with van der Waals surface area (Å²) in [4.78, 5) is 0. The molecule has 1 fully saturated rings. The predicted octanol–water partition coefficient (Wildman–Crippen LogP) is -0.564. The van der Waals surface area contributed by atoms with Crippen molar-refractivity contribution < 1.29 is 26.1 Å². The van der Waals surface area contributed by atoms with Gasteiger partial charge in [-0.2, -0.15) is 0 Å². The summed E-state index contributed by atoms with van der Waals surface area (Å²) in [7, 11) is 0. The van der Waals surface area contributed by atoms with E-state index in [1.165, 1.54) is 0 Å². The van der Waals surface area contributed by atoms with E-state index in [0.29, 0.717) is 13.1 Å². The molecule has 1 rings (SSSR count). The predicted molar refractivity (Wildman–Crippen MR) is 51.7 cm³/mol. The van der Waals surface area contributed by atoms with Gasteiger partial charge in [0.25, 0.3) is 0 Å². The molecule has 1 unspecified atom stereocenters. The van der Waals surface area contributed by atoms with Gasteiger partial charge < -0.3 is 21.3 Å². The number of halogens is 1. The first-order chi connectivity index (χ1) is 6.39. The van der Waals surface area contributed by atoms with Crippen molar-refractivity contribution in [3.05, 3.63) is 5.32 Å². The van der Waals surface area contributed by atoms with Gasteiger partial charge in [0.1, 0.15) is 0 Å². The zero-order valence-corrected chi connectivity index (χ0v) is 9.91. The molecular formula is C8H18FN4Ti-. The molecule has 1 aliphatic heterocycles. The molecule has 0 radical (unpaired) electrons. The van der Waals surface area contributed by atoms with Crippen molar-refractivity contribution in [2.75, 3.05) is 45.8 Å². The van der Waals surface area contributed by atoms with Crippen molar-refractivity contribution in [1.82, 2.24) is 16.0 Å². The molecule has 14 heavy (non-hydrogen) atoms. The van der Waals surface area contributed by atoms with Gasteiger partial charge in [-0.3, -0.25) is 4.39 Å². The third-order valence-corrected chi connectivity index (χ3v) is 1.89. The van der Waals surface area contributed by atoms with E-state index in [4.69, 9.17) is 0 Å². The Balaban J connectivity index is 0.00000169. The van der Waals surface area contributed by atoms with E-state index < -0.39 is 6.30 Å². The molecule has 3 N–H and O–H groups in total. The Morgan fingerprint density at radius 3 is 2.21 bits per heavy atom. The van der Waals surface area contributed by atoms with Crippen LogP contribution in [0.1, 0.15) is 0 Å². The number of nitrogens with one attached hydrogen (secondary N) is 3. The second-order valence-electron chi connectivity index (χ2n) is 3.04. The number of hydrogen-bond acceptors (Lipinski definition) is 3. The molecule has 0 saturated carbocycles. The number of hydrogen-bond donors (Lipinski definition) is 3. The number of nitrogens with zero attached hydrogens (tertiary/aromatic N) is 1. The van der Waals surface area contributed by atoms with Crippen LogP contribution in [0.5, 0.6) is 0 Å². The molecule has 4 nitrogen and oxygen atoms in total. The first-order valence-electron chi connectivity index (χ1n) is 4.82. The first-order valence-corrected chi connectivity index (χ1v) is 4.82. The van der Waals surface area contributed by atoms with Gasteiger partial charge in [-0.05, 0) is 6.54 Å². The second-order valence-corrected chi connectivity index (χ2v) is 3.04. The van der Waals surface area contributed by atoms with E-state index in [1.807, 2.05) is 0 Å². The fourth-order valence-corrected chi connectivity index (χ4v) is 1.17. The Kier molecular flexibility index (Phi) is 10.4. The van der Waals surface area contributed by atoms with Crippen molar-refractivity contribution in [2.24, 2.45) is 0 Å². The van der Waals surface area contributed by atoms with Gasteiger partial charge in [-0.15, -0.1) is 6.54 Å². The van der Waals surface area contributed by atoms with Crippen LogP contribution in [0.2, 0.25) is 0 Å². The Hall–Kier alpha value is 0.484. The molecule has 82 valence electrons. The van der Waals surface area contributed by atoms with E-state index in [1.54, 1.807) is 0 Å². The number of alkyl halides is 1. The zero-order chi connectivity index (χ0) is 9.36. The van der Waals surface area contributed by atoms with Gasteiger partial charge in [-0.25, -0.2) is 0 Å². The van der Waals surface area contributed by atoms with Gasteiger partial charge in [0.2, 0.25) is 0 Å². The van der Waals surface area contributed by atoms with Crippen molar-refractivity contribution in [1.29, 1.82) is 0 Å². The van der Waals surface area contributed by atoms with Crippen molar-refractivity contribution in [2.45, 2.75) is 6.30 Å². The zero-order valence-electron chi connectivity index (χ0n) is 8.35. The monoisotopic (exact) mass is 237 g/mol. The molecular weight excluding hydrogens is 219 g/mol. The van der Waals surface area contributed by atoms with Gasteiger partial charge in [0.05, 0.1) is 0 Å². The molecule has 0 aromatic carbocycles. The van der Waals surface area contributed by atoms with E-state index in [9.17, 15) is 4.39 Å². The second kappa shape index (κ2) is 10.0. The van der Waals surface area contributed by atoms with Crippen LogP contribution in [0.3, 0.4) is 0 Å². The maximum Gasteiger partial charge on any atom is 0.0259 e. The maximum absolute atomic E-state index is 12.9. The summed E-state index contributed by atoms with van der Waals surface area (Å²) >= 11 is 0. The van der Waals surface area contributed by atoms with Crippen LogP contribution in [0.25, 0.3) is 5.32 Å². The molecule has 0 bridgehead atoms. The SMILES string of the molecule is FC1CNCCNCCNCC[N-]1.[Ti]. The molecule has 0 aliphatic carbocycles. The summed E-state index contributed by atoms with van der Waals surface area (Å²) in [5.74, 6) is 0. The molecule has 0 amide bonds. The molecule has 1 atom stereocenters. The van der Waals surface area contributed by atoms with Crippen molar-refractivity contribution in [3.8, 4) is 0 Å². The molecule has 0 aromatic heterocycles. The first kappa shape index (κ1) is 14.5. The molecule has 6 heteroatoms. The van der Waals surface area contributed by atoms with Gasteiger partial charge in [0, 0.05) is 60.7 Å². The Morgan fingerprint density at radius 1 is 0.929 bits per heavy atom. The van der Waals surface area contributed by atoms with Crippen molar-refractivity contribution in [3.63, 3.8) is 0 Å². The minimum absolute atomic E-state index is 0. The topological polar surface area (TPSA) is 50.2 Å². The molecule has 0 spiro atoms. The average Bonchev–Trinajstić information content (AvgIpc) is 2.11. The van der Waals surface area contributed by atoms with Crippen LogP contribution in [0, 0.1) is 0 Å². The Labute approximate surface area is 99.7 Å². The van der Waals surface area contributed by atoms with Crippen LogP contribution in [-0.2, 0) is 21.7 Å². The third-order valence-electron chi connectivity index (χ3n) is 1.89. The summed E-state index contributed by atoms with van der Waals surface area (Å²) < 4.78 is 12.9. The largest absolute Gasteiger partial charge is 0.630 e. The maximum atomic E-state index is 12.9. The standard InChI is InChI=1S/C8H18FN4.Ti/c9-8-7-12-4-3-10-1-2-11-5-6-13-8;/h8,10-12H,1-7H2;/q-1;. The summed E-state index contributed by atoms with van der Waals surface area (Å²) in [5, 5.41) is 13.3. The van der Waals surface area contributed by atoms with E-state index in [0.717, 1.165) is 32.7 Å². The molecule has 0 aromatic rings.